The Hall–Kier alpha value is -3.94. The van der Waals surface area contributed by atoms with Crippen LogP contribution in [0.25, 0.3) is 0 Å². The van der Waals surface area contributed by atoms with Gasteiger partial charge < -0.3 is 21.1 Å². The first kappa shape index (κ1) is 17.9. The van der Waals surface area contributed by atoms with Crippen LogP contribution in [0.2, 0.25) is 0 Å². The molecule has 0 fully saturated rings. The molecule has 0 aliphatic carbocycles. The van der Waals surface area contributed by atoms with Gasteiger partial charge in [-0.3, -0.25) is 4.79 Å². The molecule has 1 amide bonds. The Morgan fingerprint density at radius 1 is 1.00 bits per heavy atom. The van der Waals surface area contributed by atoms with Crippen molar-refractivity contribution in [1.29, 1.82) is 0 Å². The fourth-order valence-electron chi connectivity index (χ4n) is 2.25. The molecule has 4 N–H and O–H groups in total. The number of anilines is 5. The molecule has 3 rings (SSSR count). The van der Waals surface area contributed by atoms with Crippen molar-refractivity contribution >= 4 is 34.6 Å². The summed E-state index contributed by atoms with van der Waals surface area (Å²) in [6.45, 7) is 3.41. The van der Waals surface area contributed by atoms with Crippen LogP contribution < -0.4 is 16.0 Å². The molecule has 0 saturated carbocycles. The lowest BCUT2D eigenvalue weighted by atomic mass is 10.2. The van der Waals surface area contributed by atoms with E-state index in [4.69, 9.17) is 0 Å². The van der Waals surface area contributed by atoms with Crippen molar-refractivity contribution in [2.24, 2.45) is 0 Å². The highest BCUT2D eigenvalue weighted by molar-refractivity contribution is 5.99. The lowest BCUT2D eigenvalue weighted by molar-refractivity contribution is -0.111. The smallest absolute Gasteiger partial charge is 0.247 e. The number of hydrogen-bond donors (Lipinski definition) is 4. The van der Waals surface area contributed by atoms with Gasteiger partial charge in [0.15, 0.2) is 11.6 Å². The molecule has 2 aromatic carbocycles. The van der Waals surface area contributed by atoms with E-state index in [2.05, 4.69) is 32.5 Å². The fourth-order valence-corrected chi connectivity index (χ4v) is 2.25. The number of phenols is 1. The number of rotatable bonds is 6. The van der Waals surface area contributed by atoms with Gasteiger partial charge in [0.1, 0.15) is 18.0 Å². The zero-order valence-corrected chi connectivity index (χ0v) is 14.1. The standard InChI is InChI=1S/C19H16FN5O2/c1-2-19(27)25-13-5-3-4-12(8-13)23-17-10-18(22-11-21-17)24-14-6-7-15(20)16(26)9-14/h2-11,26H,1H2,(H,25,27)(H2,21,22,23,24). The van der Waals surface area contributed by atoms with E-state index in [-0.39, 0.29) is 5.91 Å². The summed E-state index contributed by atoms with van der Waals surface area (Å²) in [6.07, 6.45) is 2.55. The first-order chi connectivity index (χ1) is 13.0. The lowest BCUT2D eigenvalue weighted by Gasteiger charge is -2.10. The van der Waals surface area contributed by atoms with Crippen molar-refractivity contribution in [3.8, 4) is 5.75 Å². The molecule has 8 heteroatoms. The molecule has 0 bridgehead atoms. The molecular formula is C19H16FN5O2. The molecule has 0 saturated heterocycles. The highest BCUT2D eigenvalue weighted by Crippen LogP contribution is 2.24. The quantitative estimate of drug-likeness (QED) is 0.494. The minimum atomic E-state index is -0.700. The normalized spacial score (nSPS) is 10.1. The van der Waals surface area contributed by atoms with Crippen LogP contribution in [0.1, 0.15) is 0 Å². The van der Waals surface area contributed by atoms with Gasteiger partial charge in [0.2, 0.25) is 5.91 Å². The molecule has 1 aromatic heterocycles. The number of carbonyl (C=O) groups is 1. The van der Waals surface area contributed by atoms with E-state index in [0.717, 1.165) is 6.07 Å². The van der Waals surface area contributed by atoms with Gasteiger partial charge in [0.05, 0.1) is 0 Å². The fraction of sp³-hybridized carbons (Fsp3) is 0. The van der Waals surface area contributed by atoms with Gasteiger partial charge in [0, 0.05) is 29.2 Å². The van der Waals surface area contributed by atoms with Crippen LogP contribution >= 0.6 is 0 Å². The number of aromatic nitrogens is 2. The minimum absolute atomic E-state index is 0.303. The highest BCUT2D eigenvalue weighted by atomic mass is 19.1. The predicted molar refractivity (Wildman–Crippen MR) is 102 cm³/mol. The SMILES string of the molecule is C=CC(=O)Nc1cccc(Nc2cc(Nc3ccc(F)c(O)c3)ncn2)c1. The summed E-state index contributed by atoms with van der Waals surface area (Å²) < 4.78 is 13.1. The third-order valence-electron chi connectivity index (χ3n) is 3.47. The summed E-state index contributed by atoms with van der Waals surface area (Å²) in [5.74, 6) is -0.497. The zero-order chi connectivity index (χ0) is 19.2. The van der Waals surface area contributed by atoms with Crippen LogP contribution in [0.15, 0.2) is 67.5 Å². The molecule has 0 atom stereocenters. The Balaban J connectivity index is 1.74. The number of carbonyl (C=O) groups excluding carboxylic acids is 1. The van der Waals surface area contributed by atoms with E-state index >= 15 is 0 Å². The average molecular weight is 365 g/mol. The Bertz CT molecular complexity index is 993. The molecule has 0 aliphatic heterocycles. The Morgan fingerprint density at radius 3 is 2.33 bits per heavy atom. The molecule has 0 radical (unpaired) electrons. The molecule has 1 heterocycles. The van der Waals surface area contributed by atoms with Crippen molar-refractivity contribution in [1.82, 2.24) is 9.97 Å². The lowest BCUT2D eigenvalue weighted by Crippen LogP contribution is -2.07. The van der Waals surface area contributed by atoms with E-state index in [1.54, 1.807) is 24.3 Å². The van der Waals surface area contributed by atoms with Crippen molar-refractivity contribution in [3.63, 3.8) is 0 Å². The molecule has 136 valence electrons. The number of hydrogen-bond acceptors (Lipinski definition) is 6. The minimum Gasteiger partial charge on any atom is -0.505 e. The van der Waals surface area contributed by atoms with E-state index in [0.29, 0.717) is 28.7 Å². The second-order valence-corrected chi connectivity index (χ2v) is 5.48. The zero-order valence-electron chi connectivity index (χ0n) is 14.1. The second-order valence-electron chi connectivity index (χ2n) is 5.48. The number of amides is 1. The number of nitrogens with zero attached hydrogens (tertiary/aromatic N) is 2. The molecule has 7 nitrogen and oxygen atoms in total. The monoisotopic (exact) mass is 365 g/mol. The number of phenolic OH excluding ortho intramolecular Hbond substituents is 1. The van der Waals surface area contributed by atoms with Gasteiger partial charge in [-0.2, -0.15) is 0 Å². The van der Waals surface area contributed by atoms with Crippen molar-refractivity contribution < 1.29 is 14.3 Å². The number of aromatic hydroxyl groups is 1. The molecule has 0 aliphatic rings. The van der Waals surface area contributed by atoms with Gasteiger partial charge in [-0.15, -0.1) is 0 Å². The van der Waals surface area contributed by atoms with Crippen LogP contribution in [-0.4, -0.2) is 21.0 Å². The van der Waals surface area contributed by atoms with Crippen LogP contribution in [0.5, 0.6) is 5.75 Å². The molecule has 0 spiro atoms. The average Bonchev–Trinajstić information content (AvgIpc) is 2.65. The maximum absolute atomic E-state index is 13.1. The van der Waals surface area contributed by atoms with E-state index < -0.39 is 11.6 Å². The maximum atomic E-state index is 13.1. The van der Waals surface area contributed by atoms with E-state index in [9.17, 15) is 14.3 Å². The van der Waals surface area contributed by atoms with Gasteiger partial charge in [0.25, 0.3) is 0 Å². The summed E-state index contributed by atoms with van der Waals surface area (Å²) in [4.78, 5) is 19.6. The first-order valence-electron chi connectivity index (χ1n) is 7.91. The van der Waals surface area contributed by atoms with E-state index in [1.807, 2.05) is 6.07 Å². The van der Waals surface area contributed by atoms with Crippen molar-refractivity contribution in [2.75, 3.05) is 16.0 Å². The number of benzene rings is 2. The summed E-state index contributed by atoms with van der Waals surface area (Å²) in [6, 6.07) is 12.6. The van der Waals surface area contributed by atoms with Crippen LogP contribution in [0.4, 0.5) is 33.1 Å². The van der Waals surface area contributed by atoms with Gasteiger partial charge >= 0.3 is 0 Å². The predicted octanol–water partition coefficient (Wildman–Crippen LogP) is 3.93. The van der Waals surface area contributed by atoms with Crippen molar-refractivity contribution in [2.45, 2.75) is 0 Å². The third-order valence-corrected chi connectivity index (χ3v) is 3.47. The summed E-state index contributed by atoms with van der Waals surface area (Å²) >= 11 is 0. The summed E-state index contributed by atoms with van der Waals surface area (Å²) in [5, 5.41) is 18.2. The second kappa shape index (κ2) is 7.96. The number of halogens is 1. The van der Waals surface area contributed by atoms with Gasteiger partial charge in [-0.1, -0.05) is 12.6 Å². The Labute approximate surface area is 154 Å². The van der Waals surface area contributed by atoms with Gasteiger partial charge in [-0.25, -0.2) is 14.4 Å². The Kier molecular flexibility index (Phi) is 5.27. The van der Waals surface area contributed by atoms with Crippen molar-refractivity contribution in [3.05, 3.63) is 73.3 Å². The summed E-state index contributed by atoms with van der Waals surface area (Å²) in [7, 11) is 0. The molecule has 3 aromatic rings. The van der Waals surface area contributed by atoms with Crippen LogP contribution in [0.3, 0.4) is 0 Å². The maximum Gasteiger partial charge on any atom is 0.247 e. The molecule has 0 unspecified atom stereocenters. The highest BCUT2D eigenvalue weighted by Gasteiger charge is 2.05. The van der Waals surface area contributed by atoms with Crippen LogP contribution in [-0.2, 0) is 4.79 Å². The third kappa shape index (κ3) is 4.79. The van der Waals surface area contributed by atoms with E-state index in [1.165, 1.54) is 24.5 Å². The molecular weight excluding hydrogens is 349 g/mol. The van der Waals surface area contributed by atoms with Gasteiger partial charge in [-0.05, 0) is 36.4 Å². The number of nitrogens with one attached hydrogen (secondary N) is 3. The van der Waals surface area contributed by atoms with Crippen LogP contribution in [0, 0.1) is 5.82 Å². The largest absolute Gasteiger partial charge is 0.505 e. The molecule has 27 heavy (non-hydrogen) atoms. The summed E-state index contributed by atoms with van der Waals surface area (Å²) in [5.41, 5.74) is 1.80. The Morgan fingerprint density at radius 2 is 1.67 bits per heavy atom. The topological polar surface area (TPSA) is 99.2 Å². The first-order valence-corrected chi connectivity index (χ1v) is 7.91.